The molecular formula is C13H18BrN3O2. The first-order valence-corrected chi connectivity index (χ1v) is 6.95. The highest BCUT2D eigenvalue weighted by atomic mass is 79.9. The minimum Gasteiger partial charge on any atom is -0.394 e. The summed E-state index contributed by atoms with van der Waals surface area (Å²) in [7, 11) is 0. The Morgan fingerprint density at radius 1 is 1.63 bits per heavy atom. The Labute approximate surface area is 121 Å². The van der Waals surface area contributed by atoms with Crippen molar-refractivity contribution in [1.82, 2.24) is 0 Å². The maximum absolute atomic E-state index is 9.24. The molecule has 1 aliphatic rings. The van der Waals surface area contributed by atoms with Crippen molar-refractivity contribution < 1.29 is 9.84 Å². The van der Waals surface area contributed by atoms with E-state index in [9.17, 15) is 5.11 Å². The van der Waals surface area contributed by atoms with E-state index in [0.717, 1.165) is 10.2 Å². The second kappa shape index (κ2) is 5.90. The molecule has 0 spiro atoms. The van der Waals surface area contributed by atoms with Crippen LogP contribution < -0.4 is 10.6 Å². The molecule has 1 aliphatic heterocycles. The van der Waals surface area contributed by atoms with Crippen LogP contribution in [0, 0.1) is 5.41 Å². The van der Waals surface area contributed by atoms with Gasteiger partial charge in [0.05, 0.1) is 19.3 Å². The number of hydrogen-bond donors (Lipinski definition) is 3. The van der Waals surface area contributed by atoms with Crippen molar-refractivity contribution in [1.29, 1.82) is 5.41 Å². The molecule has 0 saturated carbocycles. The quantitative estimate of drug-likeness (QED) is 0.577. The van der Waals surface area contributed by atoms with Gasteiger partial charge in [-0.25, -0.2) is 0 Å². The normalized spacial score (nSPS) is 23.4. The number of hydrogen-bond acceptors (Lipinski definition) is 4. The predicted octanol–water partition coefficient (Wildman–Crippen LogP) is 1.32. The van der Waals surface area contributed by atoms with E-state index >= 15 is 0 Å². The minimum absolute atomic E-state index is 0.00481. The highest BCUT2D eigenvalue weighted by Gasteiger charge is 2.27. The van der Waals surface area contributed by atoms with Crippen molar-refractivity contribution in [3.8, 4) is 0 Å². The topological polar surface area (TPSA) is 82.6 Å². The Morgan fingerprint density at radius 2 is 2.37 bits per heavy atom. The third-order valence-corrected chi connectivity index (χ3v) is 3.76. The summed E-state index contributed by atoms with van der Waals surface area (Å²) in [5.41, 5.74) is 7.26. The van der Waals surface area contributed by atoms with E-state index in [1.54, 1.807) is 0 Å². The van der Waals surface area contributed by atoms with Gasteiger partial charge in [0, 0.05) is 28.3 Å². The molecule has 1 saturated heterocycles. The van der Waals surface area contributed by atoms with Gasteiger partial charge in [-0.3, -0.25) is 5.41 Å². The molecule has 0 radical (unpaired) electrons. The van der Waals surface area contributed by atoms with Crippen LogP contribution in [-0.2, 0) is 4.74 Å². The zero-order valence-corrected chi connectivity index (χ0v) is 12.4. The lowest BCUT2D eigenvalue weighted by Crippen LogP contribution is -2.50. The third-order valence-electron chi connectivity index (χ3n) is 3.27. The van der Waals surface area contributed by atoms with Crippen LogP contribution in [0.5, 0.6) is 0 Å². The van der Waals surface area contributed by atoms with E-state index in [2.05, 4.69) is 27.8 Å². The first-order valence-electron chi connectivity index (χ1n) is 6.16. The number of rotatable bonds is 3. The van der Waals surface area contributed by atoms with Gasteiger partial charge in [0.15, 0.2) is 0 Å². The number of nitrogens with two attached hydrogens (primary N) is 1. The Bertz CT molecular complexity index is 481. The fourth-order valence-corrected chi connectivity index (χ4v) is 2.60. The highest BCUT2D eigenvalue weighted by molar-refractivity contribution is 9.10. The first-order chi connectivity index (χ1) is 9.02. The van der Waals surface area contributed by atoms with Gasteiger partial charge in [0.25, 0.3) is 0 Å². The number of nitrogen functional groups attached to an aromatic ring is 1. The molecule has 19 heavy (non-hydrogen) atoms. The van der Waals surface area contributed by atoms with Gasteiger partial charge in [0.2, 0.25) is 0 Å². The van der Waals surface area contributed by atoms with Gasteiger partial charge < -0.3 is 20.5 Å². The number of anilines is 1. The van der Waals surface area contributed by atoms with Gasteiger partial charge in [-0.1, -0.05) is 15.9 Å². The minimum atomic E-state index is -0.195. The molecule has 0 aromatic heterocycles. The molecule has 2 rings (SSSR count). The molecule has 2 atom stereocenters. The molecule has 2 unspecified atom stereocenters. The largest absolute Gasteiger partial charge is 0.394 e. The smallest absolute Gasteiger partial charge is 0.124 e. The maximum atomic E-state index is 9.24. The summed E-state index contributed by atoms with van der Waals surface area (Å²) in [5.74, 6) is 0.0375. The van der Waals surface area contributed by atoms with Crippen LogP contribution in [0.1, 0.15) is 12.5 Å². The van der Waals surface area contributed by atoms with E-state index in [4.69, 9.17) is 15.9 Å². The second-order valence-electron chi connectivity index (χ2n) is 4.71. The van der Waals surface area contributed by atoms with Gasteiger partial charge in [-0.15, -0.1) is 0 Å². The Hall–Kier alpha value is -1.11. The summed E-state index contributed by atoms with van der Waals surface area (Å²) in [6.45, 7) is 3.20. The van der Waals surface area contributed by atoms with Crippen LogP contribution in [0.3, 0.4) is 0 Å². The van der Waals surface area contributed by atoms with Crippen LogP contribution in [-0.4, -0.2) is 42.8 Å². The molecule has 0 amide bonds. The lowest BCUT2D eigenvalue weighted by atomic mass is 10.1. The number of ether oxygens (including phenoxy) is 1. The van der Waals surface area contributed by atoms with Gasteiger partial charge in [0.1, 0.15) is 5.84 Å². The monoisotopic (exact) mass is 327 g/mol. The standard InChI is InChI=1S/C13H18BrN3O2/c1-8-7-19-10(6-18)5-17(8)12-3-2-9(14)4-11(12)13(15)16/h2-4,8,10,18H,5-7H2,1H3,(H3,15,16). The van der Waals surface area contributed by atoms with Crippen LogP contribution in [0.15, 0.2) is 22.7 Å². The summed E-state index contributed by atoms with van der Waals surface area (Å²) >= 11 is 3.39. The molecule has 5 nitrogen and oxygen atoms in total. The average Bonchev–Trinajstić information content (AvgIpc) is 2.39. The van der Waals surface area contributed by atoms with E-state index < -0.39 is 0 Å². The summed E-state index contributed by atoms with van der Waals surface area (Å²) in [5, 5.41) is 16.9. The number of amidine groups is 1. The molecule has 104 valence electrons. The molecule has 0 bridgehead atoms. The van der Waals surface area contributed by atoms with Crippen LogP contribution in [0.2, 0.25) is 0 Å². The average molecular weight is 328 g/mol. The van der Waals surface area contributed by atoms with Crippen molar-refractivity contribution in [2.24, 2.45) is 5.73 Å². The summed E-state index contributed by atoms with van der Waals surface area (Å²) in [6.07, 6.45) is -0.195. The van der Waals surface area contributed by atoms with Gasteiger partial charge >= 0.3 is 0 Å². The lowest BCUT2D eigenvalue weighted by Gasteiger charge is -2.40. The first kappa shape index (κ1) is 14.3. The molecule has 4 N–H and O–H groups in total. The number of nitrogens with zero attached hydrogens (tertiary/aromatic N) is 1. The number of aliphatic hydroxyl groups excluding tert-OH is 1. The van der Waals surface area contributed by atoms with Crippen molar-refractivity contribution in [3.63, 3.8) is 0 Å². The predicted molar refractivity (Wildman–Crippen MR) is 78.8 cm³/mol. The lowest BCUT2D eigenvalue weighted by molar-refractivity contribution is -0.0103. The van der Waals surface area contributed by atoms with E-state index in [-0.39, 0.29) is 24.6 Å². The van der Waals surface area contributed by atoms with Crippen molar-refractivity contribution >= 4 is 27.5 Å². The summed E-state index contributed by atoms with van der Waals surface area (Å²) in [6, 6.07) is 5.89. The molecule has 6 heteroatoms. The van der Waals surface area contributed by atoms with Crippen molar-refractivity contribution in [3.05, 3.63) is 28.2 Å². The van der Waals surface area contributed by atoms with Crippen LogP contribution >= 0.6 is 15.9 Å². The fourth-order valence-electron chi connectivity index (χ4n) is 2.24. The fraction of sp³-hybridized carbons (Fsp3) is 0.462. The summed E-state index contributed by atoms with van der Waals surface area (Å²) < 4.78 is 6.42. The molecular weight excluding hydrogens is 310 g/mol. The number of aliphatic hydroxyl groups is 1. The van der Waals surface area contributed by atoms with Crippen molar-refractivity contribution in [2.45, 2.75) is 19.1 Å². The highest BCUT2D eigenvalue weighted by Crippen LogP contribution is 2.28. The third kappa shape index (κ3) is 3.08. The number of halogens is 1. The second-order valence-corrected chi connectivity index (χ2v) is 5.63. The van der Waals surface area contributed by atoms with Crippen LogP contribution in [0.4, 0.5) is 5.69 Å². The zero-order valence-electron chi connectivity index (χ0n) is 10.8. The molecule has 0 aliphatic carbocycles. The zero-order chi connectivity index (χ0) is 14.0. The number of morpholine rings is 1. The van der Waals surface area contributed by atoms with E-state index in [1.165, 1.54) is 0 Å². The Morgan fingerprint density at radius 3 is 3.00 bits per heavy atom. The SMILES string of the molecule is CC1COC(CO)CN1c1ccc(Br)cc1C(=N)N. The van der Waals surface area contributed by atoms with Gasteiger partial charge in [-0.05, 0) is 25.1 Å². The molecule has 1 fully saturated rings. The Kier molecular flexibility index (Phi) is 4.44. The molecule has 1 heterocycles. The van der Waals surface area contributed by atoms with Gasteiger partial charge in [-0.2, -0.15) is 0 Å². The Balaban J connectivity index is 2.36. The maximum Gasteiger partial charge on any atom is 0.124 e. The number of benzene rings is 1. The number of nitrogens with one attached hydrogen (secondary N) is 1. The van der Waals surface area contributed by atoms with Crippen molar-refractivity contribution in [2.75, 3.05) is 24.7 Å². The van der Waals surface area contributed by atoms with Crippen LogP contribution in [0.25, 0.3) is 0 Å². The molecule has 1 aromatic carbocycles. The molecule has 1 aromatic rings. The van der Waals surface area contributed by atoms with E-state index in [0.29, 0.717) is 18.7 Å². The van der Waals surface area contributed by atoms with E-state index in [1.807, 2.05) is 18.2 Å². The summed E-state index contributed by atoms with van der Waals surface area (Å²) in [4.78, 5) is 2.13.